The minimum absolute atomic E-state index is 0.0362. The molecule has 2 aromatic rings. The molecule has 2 aromatic heterocycles. The molecular weight excluding hydrogens is 464 g/mol. The predicted molar refractivity (Wildman–Crippen MR) is 147 cm³/mol. The van der Waals surface area contributed by atoms with Crippen molar-refractivity contribution in [2.75, 3.05) is 10.6 Å². The summed E-state index contributed by atoms with van der Waals surface area (Å²) in [7, 11) is 0. The van der Waals surface area contributed by atoms with Crippen molar-refractivity contribution in [3.05, 3.63) is 35.7 Å². The van der Waals surface area contributed by atoms with Crippen LogP contribution in [0.15, 0.2) is 30.1 Å². The van der Waals surface area contributed by atoms with Gasteiger partial charge in [0.1, 0.15) is 17.4 Å². The Labute approximate surface area is 219 Å². The molecular formula is C29H40N6O2. The van der Waals surface area contributed by atoms with Crippen LogP contribution in [0.1, 0.15) is 84.1 Å². The molecule has 0 aromatic carbocycles. The Hall–Kier alpha value is -3.16. The zero-order valence-electron chi connectivity index (χ0n) is 22.3. The van der Waals surface area contributed by atoms with Gasteiger partial charge in [0.25, 0.3) is 0 Å². The molecule has 0 spiro atoms. The summed E-state index contributed by atoms with van der Waals surface area (Å²) in [4.78, 5) is 29.3. The van der Waals surface area contributed by atoms with Crippen molar-refractivity contribution in [3.8, 4) is 0 Å². The summed E-state index contributed by atoms with van der Waals surface area (Å²) in [5, 5.41) is 14.6. The van der Waals surface area contributed by atoms with Gasteiger partial charge in [-0.3, -0.25) is 9.59 Å². The van der Waals surface area contributed by atoms with Crippen molar-refractivity contribution in [3.63, 3.8) is 0 Å². The lowest BCUT2D eigenvalue weighted by atomic mass is 9.81. The van der Waals surface area contributed by atoms with Gasteiger partial charge in [-0.2, -0.15) is 9.61 Å². The number of anilines is 2. The highest BCUT2D eigenvalue weighted by Crippen LogP contribution is 2.32. The minimum Gasteiger partial charge on any atom is -0.367 e. The average Bonchev–Trinajstić information content (AvgIpc) is 3.48. The van der Waals surface area contributed by atoms with Crippen molar-refractivity contribution in [1.82, 2.24) is 19.9 Å². The Morgan fingerprint density at radius 1 is 1.16 bits per heavy atom. The number of hydrogen-bond acceptors (Lipinski definition) is 6. The molecule has 1 amide bonds. The highest BCUT2D eigenvalue weighted by Gasteiger charge is 2.26. The third kappa shape index (κ3) is 6.22. The highest BCUT2D eigenvalue weighted by molar-refractivity contribution is 5.89. The second-order valence-corrected chi connectivity index (χ2v) is 11.7. The summed E-state index contributed by atoms with van der Waals surface area (Å²) in [5.41, 5.74) is 3.13. The number of rotatable bonds is 10. The normalized spacial score (nSPS) is 24.1. The molecule has 8 nitrogen and oxygen atoms in total. The summed E-state index contributed by atoms with van der Waals surface area (Å²) in [6.45, 7) is 10.5. The predicted octanol–water partition coefficient (Wildman–Crippen LogP) is 5.33. The standard InChI is InChI=1S/C29H40N6O2/c1-17(2)18(3)11-25(36)12-20-5-7-23(8-6-20)32-26-15-27(33-24-9-10-24)35-29(34-26)22(16-30-35)13-21-14-28(37)31-19(21)4/h13,15-18,20,23-24,33H,4-12,14H2,1-3H3,(H,31,37)(H,32,34)/b21-13+. The van der Waals surface area contributed by atoms with Crippen LogP contribution in [0.3, 0.4) is 0 Å². The Balaban J connectivity index is 1.27. The number of aromatic nitrogens is 3. The van der Waals surface area contributed by atoms with Gasteiger partial charge in [-0.15, -0.1) is 0 Å². The SMILES string of the molecule is C=C1NC(=O)C/C1=C\c1cnn2c(NC3CC3)cc(NC3CCC(CC(=O)CC(C)C(C)C)CC3)nc12. The van der Waals surface area contributed by atoms with E-state index in [0.717, 1.165) is 73.4 Å². The van der Waals surface area contributed by atoms with E-state index in [4.69, 9.17) is 4.98 Å². The number of nitrogens with one attached hydrogen (secondary N) is 3. The van der Waals surface area contributed by atoms with E-state index >= 15 is 0 Å². The van der Waals surface area contributed by atoms with Crippen molar-refractivity contribution >= 4 is 35.0 Å². The lowest BCUT2D eigenvalue weighted by Gasteiger charge is -2.29. The second kappa shape index (κ2) is 10.7. The van der Waals surface area contributed by atoms with Gasteiger partial charge in [0.2, 0.25) is 5.91 Å². The first-order valence-corrected chi connectivity index (χ1v) is 13.9. The first kappa shape index (κ1) is 25.5. The maximum atomic E-state index is 12.5. The van der Waals surface area contributed by atoms with Crippen LogP contribution in [-0.4, -0.2) is 38.4 Å². The van der Waals surface area contributed by atoms with E-state index in [2.05, 4.69) is 54.5 Å². The summed E-state index contributed by atoms with van der Waals surface area (Å²) >= 11 is 0. The molecule has 3 aliphatic rings. The fraction of sp³-hybridized carbons (Fsp3) is 0.586. The minimum atomic E-state index is -0.0362. The Morgan fingerprint density at radius 2 is 1.86 bits per heavy atom. The number of fused-ring (bicyclic) bond motifs is 1. The van der Waals surface area contributed by atoms with E-state index in [1.165, 1.54) is 0 Å². The number of hydrogen-bond donors (Lipinski definition) is 3. The molecule has 8 heteroatoms. The summed E-state index contributed by atoms with van der Waals surface area (Å²) < 4.78 is 1.85. The Kier molecular flexibility index (Phi) is 7.36. The molecule has 1 aliphatic heterocycles. The van der Waals surface area contributed by atoms with Crippen LogP contribution in [0.2, 0.25) is 0 Å². The van der Waals surface area contributed by atoms with E-state index in [-0.39, 0.29) is 5.91 Å². The zero-order valence-corrected chi connectivity index (χ0v) is 22.3. The van der Waals surface area contributed by atoms with Crippen molar-refractivity contribution < 1.29 is 9.59 Å². The van der Waals surface area contributed by atoms with E-state index in [1.54, 1.807) is 6.20 Å². The molecule has 3 N–H and O–H groups in total. The number of Topliss-reactive ketones (excluding diaryl/α,β-unsaturated/α-hetero) is 1. The first-order valence-electron chi connectivity index (χ1n) is 13.9. The van der Waals surface area contributed by atoms with Crippen LogP contribution < -0.4 is 16.0 Å². The van der Waals surface area contributed by atoms with Gasteiger partial charge in [0, 0.05) is 42.3 Å². The fourth-order valence-electron chi connectivity index (χ4n) is 5.31. The smallest absolute Gasteiger partial charge is 0.228 e. The second-order valence-electron chi connectivity index (χ2n) is 11.7. The third-order valence-corrected chi connectivity index (χ3v) is 8.19. The largest absolute Gasteiger partial charge is 0.367 e. The molecule has 198 valence electrons. The number of allylic oxidation sites excluding steroid dienone is 1. The maximum Gasteiger partial charge on any atom is 0.228 e. The molecule has 0 bridgehead atoms. The molecule has 2 aliphatic carbocycles. The molecule has 3 fully saturated rings. The summed E-state index contributed by atoms with van der Waals surface area (Å²) in [6.07, 6.45) is 12.1. The molecule has 1 unspecified atom stereocenters. The Bertz CT molecular complexity index is 1220. The lowest BCUT2D eigenvalue weighted by molar-refractivity contribution is -0.121. The maximum absolute atomic E-state index is 12.5. The molecule has 37 heavy (non-hydrogen) atoms. The molecule has 3 heterocycles. The summed E-state index contributed by atoms with van der Waals surface area (Å²) in [6, 6.07) is 2.87. The van der Waals surface area contributed by atoms with Gasteiger partial charge in [0.15, 0.2) is 5.65 Å². The van der Waals surface area contributed by atoms with Gasteiger partial charge in [0.05, 0.1) is 12.6 Å². The molecule has 5 rings (SSSR count). The summed E-state index contributed by atoms with van der Waals surface area (Å²) in [5.74, 6) is 3.65. The van der Waals surface area contributed by atoms with E-state index in [9.17, 15) is 9.59 Å². The van der Waals surface area contributed by atoms with Crippen LogP contribution >= 0.6 is 0 Å². The van der Waals surface area contributed by atoms with Crippen LogP contribution in [-0.2, 0) is 9.59 Å². The van der Waals surface area contributed by atoms with Crippen LogP contribution in [0.5, 0.6) is 0 Å². The number of carbonyl (C=O) groups is 2. The van der Waals surface area contributed by atoms with E-state index < -0.39 is 0 Å². The number of carbonyl (C=O) groups excluding carboxylic acids is 2. The van der Waals surface area contributed by atoms with Gasteiger partial charge < -0.3 is 16.0 Å². The van der Waals surface area contributed by atoms with E-state index in [0.29, 0.717) is 54.2 Å². The Morgan fingerprint density at radius 3 is 2.51 bits per heavy atom. The van der Waals surface area contributed by atoms with Gasteiger partial charge in [-0.05, 0) is 67.9 Å². The van der Waals surface area contributed by atoms with Crippen molar-refractivity contribution in [1.29, 1.82) is 0 Å². The van der Waals surface area contributed by atoms with Gasteiger partial charge >= 0.3 is 0 Å². The molecule has 0 radical (unpaired) electrons. The topological polar surface area (TPSA) is 100 Å². The van der Waals surface area contributed by atoms with Crippen LogP contribution in [0, 0.1) is 17.8 Å². The quantitative estimate of drug-likeness (QED) is 0.404. The fourth-order valence-corrected chi connectivity index (χ4v) is 5.31. The van der Waals surface area contributed by atoms with Crippen LogP contribution in [0.25, 0.3) is 11.7 Å². The van der Waals surface area contributed by atoms with Crippen molar-refractivity contribution in [2.45, 2.75) is 90.6 Å². The third-order valence-electron chi connectivity index (χ3n) is 8.19. The van der Waals surface area contributed by atoms with Gasteiger partial charge in [-0.1, -0.05) is 27.4 Å². The lowest BCUT2D eigenvalue weighted by Crippen LogP contribution is -2.28. The average molecular weight is 505 g/mol. The van der Waals surface area contributed by atoms with Crippen molar-refractivity contribution in [2.24, 2.45) is 17.8 Å². The number of ketones is 1. The molecule has 1 saturated heterocycles. The number of amides is 1. The van der Waals surface area contributed by atoms with Gasteiger partial charge in [-0.25, -0.2) is 4.98 Å². The zero-order chi connectivity index (χ0) is 26.1. The molecule has 1 atom stereocenters. The van der Waals surface area contributed by atoms with Crippen LogP contribution in [0.4, 0.5) is 11.6 Å². The first-order chi connectivity index (χ1) is 17.7. The highest BCUT2D eigenvalue weighted by atomic mass is 16.2. The number of nitrogens with zero attached hydrogens (tertiary/aromatic N) is 3. The molecule has 2 saturated carbocycles. The monoisotopic (exact) mass is 504 g/mol. The van der Waals surface area contributed by atoms with E-state index in [1.807, 2.05) is 10.6 Å².